The van der Waals surface area contributed by atoms with Gasteiger partial charge >= 0.3 is 0 Å². The Morgan fingerprint density at radius 2 is 2.00 bits per heavy atom. The maximum atomic E-state index is 11.3. The Morgan fingerprint density at radius 3 is 2.47 bits per heavy atom. The largest absolute Gasteiger partial charge is 0.346 e. The first-order valence-electron chi connectivity index (χ1n) is 4.79. The van der Waals surface area contributed by atoms with Crippen molar-refractivity contribution in [3.8, 4) is 0 Å². The fourth-order valence-corrected chi connectivity index (χ4v) is 1.95. The summed E-state index contributed by atoms with van der Waals surface area (Å²) in [4.78, 5) is 11.3. The fraction of sp³-hybridized carbons (Fsp3) is 0.364. The number of amides is 1. The number of halogens is 2. The first-order chi connectivity index (χ1) is 7.16. The molecule has 0 radical (unpaired) electrons. The summed E-state index contributed by atoms with van der Waals surface area (Å²) in [5.41, 5.74) is 1.01. The molecule has 1 N–H and O–H groups in total. The molecule has 4 heteroatoms. The van der Waals surface area contributed by atoms with Crippen LogP contribution in [0, 0.1) is 0 Å². The molecule has 0 spiro atoms. The Morgan fingerprint density at radius 1 is 1.40 bits per heavy atom. The van der Waals surface area contributed by atoms with Crippen LogP contribution in [0.15, 0.2) is 24.3 Å². The zero-order valence-electron chi connectivity index (χ0n) is 8.09. The minimum atomic E-state index is -0.130. The van der Waals surface area contributed by atoms with E-state index in [1.54, 1.807) is 0 Å². The molecule has 0 aliphatic heterocycles. The van der Waals surface area contributed by atoms with Crippen LogP contribution in [0.5, 0.6) is 0 Å². The normalized spacial score (nSPS) is 17.2. The standard InChI is InChI=1S/C11H11BrClNO/c12-7-10(15)14-11(5-6-11)8-1-3-9(13)4-2-8/h1-4H,5-7H2,(H,14,15). The van der Waals surface area contributed by atoms with Gasteiger partial charge in [-0.05, 0) is 30.5 Å². The summed E-state index contributed by atoms with van der Waals surface area (Å²) in [6.45, 7) is 0. The lowest BCUT2D eigenvalue weighted by molar-refractivity contribution is -0.119. The van der Waals surface area contributed by atoms with Gasteiger partial charge < -0.3 is 5.32 Å². The van der Waals surface area contributed by atoms with Crippen molar-refractivity contribution in [2.24, 2.45) is 0 Å². The quantitative estimate of drug-likeness (QED) is 0.852. The van der Waals surface area contributed by atoms with Gasteiger partial charge in [0.1, 0.15) is 0 Å². The van der Waals surface area contributed by atoms with Gasteiger partial charge in [-0.25, -0.2) is 0 Å². The molecular weight excluding hydrogens is 277 g/mol. The van der Waals surface area contributed by atoms with Gasteiger partial charge in [0, 0.05) is 5.02 Å². The summed E-state index contributed by atoms with van der Waals surface area (Å²) in [5.74, 6) is 0.0300. The number of carbonyl (C=O) groups excluding carboxylic acids is 1. The molecule has 1 aromatic rings. The molecule has 0 heterocycles. The smallest absolute Gasteiger partial charge is 0.231 e. The molecule has 1 fully saturated rings. The van der Waals surface area contributed by atoms with E-state index in [9.17, 15) is 4.79 Å². The van der Waals surface area contributed by atoms with Gasteiger partial charge in [0.2, 0.25) is 5.91 Å². The lowest BCUT2D eigenvalue weighted by Crippen LogP contribution is -2.35. The van der Waals surface area contributed by atoms with Gasteiger partial charge in [-0.3, -0.25) is 4.79 Å². The zero-order valence-corrected chi connectivity index (χ0v) is 10.4. The summed E-state index contributed by atoms with van der Waals surface area (Å²) in [5, 5.41) is 4.10. The number of nitrogens with one attached hydrogen (secondary N) is 1. The van der Waals surface area contributed by atoms with E-state index in [2.05, 4.69) is 21.2 Å². The molecule has 1 saturated carbocycles. The average molecular weight is 289 g/mol. The first-order valence-corrected chi connectivity index (χ1v) is 6.29. The summed E-state index contributed by atoms with van der Waals surface area (Å²) in [6, 6.07) is 7.67. The maximum absolute atomic E-state index is 11.3. The molecule has 1 amide bonds. The lowest BCUT2D eigenvalue weighted by Gasteiger charge is -2.17. The van der Waals surface area contributed by atoms with Crippen LogP contribution in [-0.4, -0.2) is 11.2 Å². The second-order valence-corrected chi connectivity index (χ2v) is 4.77. The van der Waals surface area contributed by atoms with Crippen LogP contribution in [0.4, 0.5) is 0 Å². The number of hydrogen-bond acceptors (Lipinski definition) is 1. The second-order valence-electron chi connectivity index (χ2n) is 3.77. The average Bonchev–Trinajstić information content (AvgIpc) is 3.00. The number of rotatable bonds is 3. The van der Waals surface area contributed by atoms with Crippen LogP contribution in [-0.2, 0) is 10.3 Å². The Kier molecular flexibility index (Phi) is 3.03. The Balaban J connectivity index is 2.16. The van der Waals surface area contributed by atoms with E-state index in [0.717, 1.165) is 23.4 Å². The molecule has 0 unspecified atom stereocenters. The summed E-state index contributed by atoms with van der Waals surface area (Å²) >= 11 is 8.97. The van der Waals surface area contributed by atoms with Crippen LogP contribution in [0.1, 0.15) is 18.4 Å². The van der Waals surface area contributed by atoms with E-state index in [-0.39, 0.29) is 11.4 Å². The highest BCUT2D eigenvalue weighted by atomic mass is 79.9. The number of carbonyl (C=O) groups is 1. The van der Waals surface area contributed by atoms with E-state index >= 15 is 0 Å². The van der Waals surface area contributed by atoms with Crippen molar-refractivity contribution >= 4 is 33.4 Å². The number of hydrogen-bond donors (Lipinski definition) is 1. The van der Waals surface area contributed by atoms with Gasteiger partial charge in [-0.15, -0.1) is 0 Å². The molecule has 0 saturated heterocycles. The van der Waals surface area contributed by atoms with Gasteiger partial charge in [0.25, 0.3) is 0 Å². The summed E-state index contributed by atoms with van der Waals surface area (Å²) < 4.78 is 0. The van der Waals surface area contributed by atoms with Crippen molar-refractivity contribution < 1.29 is 4.79 Å². The minimum Gasteiger partial charge on any atom is -0.346 e. The van der Waals surface area contributed by atoms with E-state index < -0.39 is 0 Å². The SMILES string of the molecule is O=C(CBr)NC1(c2ccc(Cl)cc2)CC1. The van der Waals surface area contributed by atoms with Gasteiger partial charge in [-0.1, -0.05) is 39.7 Å². The van der Waals surface area contributed by atoms with Crippen molar-refractivity contribution in [2.75, 3.05) is 5.33 Å². The summed E-state index contributed by atoms with van der Waals surface area (Å²) in [6.07, 6.45) is 2.01. The van der Waals surface area contributed by atoms with Crippen molar-refractivity contribution in [3.63, 3.8) is 0 Å². The van der Waals surface area contributed by atoms with Crippen molar-refractivity contribution in [3.05, 3.63) is 34.9 Å². The molecular formula is C11H11BrClNO. The van der Waals surface area contributed by atoms with E-state index in [0.29, 0.717) is 5.33 Å². The third kappa shape index (κ3) is 2.34. The van der Waals surface area contributed by atoms with Crippen molar-refractivity contribution in [2.45, 2.75) is 18.4 Å². The highest BCUT2D eigenvalue weighted by molar-refractivity contribution is 9.09. The summed E-state index contributed by atoms with van der Waals surface area (Å²) in [7, 11) is 0. The number of alkyl halides is 1. The molecule has 0 bridgehead atoms. The van der Waals surface area contributed by atoms with Crippen LogP contribution < -0.4 is 5.32 Å². The van der Waals surface area contributed by atoms with Gasteiger partial charge in [0.15, 0.2) is 0 Å². The predicted molar refractivity (Wildman–Crippen MR) is 64.3 cm³/mol. The topological polar surface area (TPSA) is 29.1 Å². The molecule has 1 aliphatic carbocycles. The predicted octanol–water partition coefficient (Wildman–Crippen LogP) is 2.84. The molecule has 80 valence electrons. The van der Waals surface area contributed by atoms with Crippen LogP contribution in [0.25, 0.3) is 0 Å². The Labute approximate surface area is 102 Å². The third-order valence-electron chi connectivity index (χ3n) is 2.65. The molecule has 2 rings (SSSR count). The molecule has 0 atom stereocenters. The monoisotopic (exact) mass is 287 g/mol. The maximum Gasteiger partial charge on any atom is 0.231 e. The highest BCUT2D eigenvalue weighted by Crippen LogP contribution is 2.45. The van der Waals surface area contributed by atoms with E-state index in [1.165, 1.54) is 0 Å². The molecule has 15 heavy (non-hydrogen) atoms. The molecule has 2 nitrogen and oxygen atoms in total. The Hall–Kier alpha value is -0.540. The zero-order chi connectivity index (χ0) is 10.9. The van der Waals surface area contributed by atoms with Crippen LogP contribution in [0.3, 0.4) is 0 Å². The molecule has 1 aliphatic rings. The van der Waals surface area contributed by atoms with Crippen molar-refractivity contribution in [1.29, 1.82) is 0 Å². The fourth-order valence-electron chi connectivity index (χ4n) is 1.68. The first kappa shape index (κ1) is 11.0. The second kappa shape index (κ2) is 4.14. The van der Waals surface area contributed by atoms with Gasteiger partial charge in [-0.2, -0.15) is 0 Å². The van der Waals surface area contributed by atoms with Crippen LogP contribution >= 0.6 is 27.5 Å². The minimum absolute atomic E-state index is 0.0300. The van der Waals surface area contributed by atoms with Crippen LogP contribution in [0.2, 0.25) is 5.02 Å². The number of benzene rings is 1. The van der Waals surface area contributed by atoms with E-state index in [1.807, 2.05) is 24.3 Å². The third-order valence-corrected chi connectivity index (χ3v) is 3.41. The van der Waals surface area contributed by atoms with E-state index in [4.69, 9.17) is 11.6 Å². The highest BCUT2D eigenvalue weighted by Gasteiger charge is 2.45. The Bertz CT molecular complexity index is 373. The van der Waals surface area contributed by atoms with Gasteiger partial charge in [0.05, 0.1) is 10.9 Å². The molecule has 0 aromatic heterocycles. The lowest BCUT2D eigenvalue weighted by atomic mass is 10.1. The molecule has 1 aromatic carbocycles. The van der Waals surface area contributed by atoms with Crippen molar-refractivity contribution in [1.82, 2.24) is 5.32 Å².